The number of halogens is 1. The molecule has 7 aromatic rings. The molecule has 0 radical (unpaired) electrons. The molecule has 9 nitrogen and oxygen atoms in total. The normalized spacial score (nSPS) is 33.0. The van der Waals surface area contributed by atoms with E-state index in [-0.39, 0.29) is 20.4 Å². The Morgan fingerprint density at radius 1 is 0.646 bits per heavy atom. The van der Waals surface area contributed by atoms with E-state index in [9.17, 15) is 0 Å². The zero-order valence-corrected chi connectivity index (χ0v) is 48.0. The summed E-state index contributed by atoms with van der Waals surface area (Å²) >= 11 is 9.79. The van der Waals surface area contributed by atoms with Crippen LogP contribution in [0.1, 0.15) is 153 Å². The predicted octanol–water partition coefficient (Wildman–Crippen LogP) is 16.9. The van der Waals surface area contributed by atoms with Gasteiger partial charge in [-0.25, -0.2) is 9.97 Å². The number of rotatable bonds is 14. The molecule has 0 spiro atoms. The van der Waals surface area contributed by atoms with Crippen LogP contribution < -0.4 is 20.1 Å². The fourth-order valence-corrected chi connectivity index (χ4v) is 21.1. The van der Waals surface area contributed by atoms with Gasteiger partial charge in [-0.05, 0) is 228 Å². The van der Waals surface area contributed by atoms with Gasteiger partial charge in [-0.2, -0.15) is 0 Å². The van der Waals surface area contributed by atoms with Crippen LogP contribution >= 0.6 is 34.3 Å². The Morgan fingerprint density at radius 3 is 1.68 bits per heavy atom. The number of aromatic nitrogens is 4. The van der Waals surface area contributed by atoms with Gasteiger partial charge in [0.05, 0.1) is 53.4 Å². The highest BCUT2D eigenvalue weighted by Crippen LogP contribution is 2.60. The van der Waals surface area contributed by atoms with E-state index in [1.807, 2.05) is 71.2 Å². The van der Waals surface area contributed by atoms with Crippen LogP contribution in [0.3, 0.4) is 0 Å². The molecule has 12 saturated carbocycles. The molecular weight excluding hydrogens is 1030 g/mol. The second-order valence-corrected chi connectivity index (χ2v) is 29.2. The summed E-state index contributed by atoms with van der Waals surface area (Å²) in [4.78, 5) is 21.3. The van der Waals surface area contributed by atoms with Crippen molar-refractivity contribution >= 4 is 71.8 Å². The lowest BCUT2D eigenvalue weighted by molar-refractivity contribution is -0.0976. The summed E-state index contributed by atoms with van der Waals surface area (Å²) in [5.41, 5.74) is 6.44. The summed E-state index contributed by atoms with van der Waals surface area (Å²) in [5, 5.41) is 12.4. The number of nitrogens with one attached hydrogen (secondary N) is 4. The van der Waals surface area contributed by atoms with E-state index >= 15 is 0 Å². The Labute approximate surface area is 483 Å². The van der Waals surface area contributed by atoms with Crippen molar-refractivity contribution < 1.29 is 9.47 Å². The second kappa shape index (κ2) is 22.5. The number of imidazole rings is 2. The first-order valence-electron chi connectivity index (χ1n) is 29.7. The highest BCUT2D eigenvalue weighted by molar-refractivity contribution is 7.37. The molecule has 12 bridgehead atoms. The van der Waals surface area contributed by atoms with E-state index in [0.717, 1.165) is 136 Å². The van der Waals surface area contributed by atoms with Crippen molar-refractivity contribution in [2.45, 2.75) is 167 Å². The molecule has 12 fully saturated rings. The number of nitrogens with zero attached hydrogens (tertiary/aromatic N) is 3. The maximum absolute atomic E-state index is 5.91. The largest absolute Gasteiger partial charge is 0.497 e. The third kappa shape index (κ3) is 11.3. The van der Waals surface area contributed by atoms with Crippen molar-refractivity contribution in [2.75, 3.05) is 20.8 Å². The number of H-pyrrole nitrogens is 2. The molecule has 0 amide bonds. The molecule has 3 unspecified atom stereocenters. The SMILES string of the molecule is C.C.CC1C2CC3CC(C2)CC1(NCc1cc2ccsc2s1)C3.COc1ccc2nc(CN(Cc3nc4ccc(OC)cc4[nH]3)C34CC5CC(CC(C5)C3)C4)[nH]c2c1.Clc1ccc(/C=C/CNC23CC4CC(CC(C4)C2)C3)cc1. The first kappa shape index (κ1) is 55.3. The second-order valence-electron chi connectivity index (χ2n) is 26.4. The summed E-state index contributed by atoms with van der Waals surface area (Å²) < 4.78 is 12.3. The van der Waals surface area contributed by atoms with Gasteiger partial charge in [0.25, 0.3) is 0 Å². The van der Waals surface area contributed by atoms with Gasteiger partial charge < -0.3 is 30.1 Å². The number of ether oxygens (including phenoxy) is 2. The van der Waals surface area contributed by atoms with E-state index in [2.05, 4.69) is 74.2 Å². The molecule has 422 valence electrons. The van der Waals surface area contributed by atoms with Crippen LogP contribution in [0.5, 0.6) is 11.5 Å². The average molecular weight is 1120 g/mol. The molecule has 12 heteroatoms. The van der Waals surface area contributed by atoms with E-state index < -0.39 is 0 Å². The van der Waals surface area contributed by atoms with Crippen molar-refractivity contribution in [1.29, 1.82) is 0 Å². The first-order chi connectivity index (χ1) is 37.5. The number of thiophene rings is 2. The zero-order valence-electron chi connectivity index (χ0n) is 45.6. The number of hydrogen-bond donors (Lipinski definition) is 4. The van der Waals surface area contributed by atoms with E-state index in [1.54, 1.807) is 14.2 Å². The van der Waals surface area contributed by atoms with Crippen LogP contribution in [0.15, 0.2) is 84.3 Å². The fourth-order valence-electron chi connectivity index (χ4n) is 18.8. The minimum Gasteiger partial charge on any atom is -0.497 e. The lowest BCUT2D eigenvalue weighted by Gasteiger charge is -2.61. The van der Waals surface area contributed by atoms with Gasteiger partial charge in [0, 0.05) is 57.1 Å². The molecule has 12 aliphatic rings. The molecule has 0 saturated heterocycles. The Morgan fingerprint density at radius 2 is 1.16 bits per heavy atom. The van der Waals surface area contributed by atoms with Crippen LogP contribution in [-0.4, -0.2) is 62.2 Å². The van der Waals surface area contributed by atoms with Crippen molar-refractivity contribution in [3.05, 3.63) is 111 Å². The van der Waals surface area contributed by atoms with Crippen LogP contribution in [0.2, 0.25) is 5.02 Å². The lowest BCUT2D eigenvalue weighted by atomic mass is 9.49. The third-order valence-electron chi connectivity index (χ3n) is 21.3. The monoisotopic (exact) mass is 1120 g/mol. The quantitative estimate of drug-likeness (QED) is 0.0860. The smallest absolute Gasteiger partial charge is 0.121 e. The summed E-state index contributed by atoms with van der Waals surface area (Å²) in [6, 6.07) is 24.8. The molecular formula is C67H88ClN7O2S2. The van der Waals surface area contributed by atoms with Crippen molar-refractivity contribution in [1.82, 2.24) is 35.5 Å². The topological polar surface area (TPSA) is 103 Å². The molecule has 3 aromatic carbocycles. The maximum Gasteiger partial charge on any atom is 0.121 e. The van der Waals surface area contributed by atoms with Gasteiger partial charge in [0.15, 0.2) is 0 Å². The third-order valence-corrected chi connectivity index (χ3v) is 23.7. The van der Waals surface area contributed by atoms with Gasteiger partial charge in [-0.3, -0.25) is 4.90 Å². The van der Waals surface area contributed by atoms with Gasteiger partial charge in [-0.1, -0.05) is 57.7 Å². The zero-order chi connectivity index (χ0) is 51.9. The molecule has 79 heavy (non-hydrogen) atoms. The lowest BCUT2D eigenvalue weighted by Crippen LogP contribution is -2.63. The van der Waals surface area contributed by atoms with Crippen LogP contribution in [0.4, 0.5) is 0 Å². The molecule has 3 atom stereocenters. The molecule has 4 aromatic heterocycles. The summed E-state index contributed by atoms with van der Waals surface area (Å²) in [6.45, 7) is 6.20. The van der Waals surface area contributed by atoms with Gasteiger partial charge >= 0.3 is 0 Å². The minimum atomic E-state index is 0. The summed E-state index contributed by atoms with van der Waals surface area (Å²) in [7, 11) is 3.41. The van der Waals surface area contributed by atoms with E-state index in [1.165, 1.54) is 129 Å². The average Bonchev–Trinajstić information content (AvgIpc) is 4.38. The van der Waals surface area contributed by atoms with Crippen LogP contribution in [0.25, 0.3) is 37.5 Å². The highest BCUT2D eigenvalue weighted by atomic mass is 35.5. The molecule has 12 aliphatic carbocycles. The Hall–Kier alpha value is -4.23. The minimum absolute atomic E-state index is 0. The van der Waals surface area contributed by atoms with E-state index in [4.69, 9.17) is 31.0 Å². The van der Waals surface area contributed by atoms with Crippen LogP contribution in [0, 0.1) is 59.2 Å². The van der Waals surface area contributed by atoms with Gasteiger partial charge in [0.1, 0.15) is 23.1 Å². The number of hydrogen-bond acceptors (Lipinski definition) is 9. The van der Waals surface area contributed by atoms with Crippen molar-refractivity contribution in [3.63, 3.8) is 0 Å². The standard InChI is InChI=1S/C28H33N5O2.C19H24ClN.C18H23NS2.2CH4/c1-34-20-3-5-22-24(10-20)31-26(29-22)15-33(28-12-17-7-18(13-28)9-19(8-17)14-28)16-27-30-23-6-4-21(35-2)11-25(23)32-27;20-18-5-3-14(4-6-18)2-1-7-21-19-11-15-8-16(12-19)10-17(9-15)13-19;1-11-15-5-12-4-13(6-15)9-18(11,8-12)19-10-16-7-14-2-3-20-17(14)21-16;;/h3-6,10-11,17-19H,7-9,12-16H2,1-2H3,(H,29,31)(H,30,32);1-6,15-17,21H,7-13H2;2-3,7,11-13,15,19H,4-6,8-10H2,1H3;2*1H4/b;2-1+;;;. The number of benzene rings is 3. The number of methoxy groups -OCH3 is 2. The highest BCUT2D eigenvalue weighted by Gasteiger charge is 2.56. The Bertz CT molecular complexity index is 3050. The van der Waals surface area contributed by atoms with Crippen LogP contribution in [-0.2, 0) is 19.6 Å². The molecule has 4 N–H and O–H groups in total. The van der Waals surface area contributed by atoms with Gasteiger partial charge in [0.2, 0.25) is 0 Å². The van der Waals surface area contributed by atoms with Crippen molar-refractivity contribution in [3.8, 4) is 11.5 Å². The number of fused-ring (bicyclic) bond motifs is 3. The molecule has 4 heterocycles. The Balaban J connectivity index is 0.000000123. The molecule has 19 rings (SSSR count). The molecule has 0 aliphatic heterocycles. The first-order valence-corrected chi connectivity index (χ1v) is 31.8. The van der Waals surface area contributed by atoms with Gasteiger partial charge in [-0.15, -0.1) is 22.7 Å². The fraction of sp³-hybridized carbons (Fsp3) is 0.582. The predicted molar refractivity (Wildman–Crippen MR) is 330 cm³/mol. The maximum atomic E-state index is 5.91. The summed E-state index contributed by atoms with van der Waals surface area (Å²) in [6.07, 6.45) is 29.0. The van der Waals surface area contributed by atoms with Crippen molar-refractivity contribution in [2.24, 2.45) is 59.2 Å². The Kier molecular flexibility index (Phi) is 15.8. The summed E-state index contributed by atoms with van der Waals surface area (Å²) in [5.74, 6) is 13.4. The number of aromatic amines is 2. The van der Waals surface area contributed by atoms with E-state index in [0.29, 0.717) is 11.1 Å².